The first-order valence-corrected chi connectivity index (χ1v) is 14.6. The van der Waals surface area contributed by atoms with E-state index in [1.165, 1.54) is 79.1 Å². The third kappa shape index (κ3) is 5.79. The van der Waals surface area contributed by atoms with Gasteiger partial charge in [-0.1, -0.05) is 11.6 Å². The summed E-state index contributed by atoms with van der Waals surface area (Å²) >= 11 is 0. The molecule has 48 heavy (non-hydrogen) atoms. The molecule has 1 aliphatic carbocycles. The molecule has 0 aliphatic heterocycles. The van der Waals surface area contributed by atoms with Crippen molar-refractivity contribution in [3.05, 3.63) is 87.0 Å². The van der Waals surface area contributed by atoms with Crippen molar-refractivity contribution in [2.45, 2.75) is 32.3 Å². The Morgan fingerprint density at radius 1 is 0.667 bits per heavy atom. The van der Waals surface area contributed by atoms with E-state index in [2.05, 4.69) is 0 Å². The second-order valence-electron chi connectivity index (χ2n) is 11.2. The van der Waals surface area contributed by atoms with Crippen LogP contribution in [0.2, 0.25) is 0 Å². The summed E-state index contributed by atoms with van der Waals surface area (Å²) in [4.78, 5) is 38.2. The van der Waals surface area contributed by atoms with Crippen LogP contribution in [0.25, 0.3) is 11.1 Å². The topological polar surface area (TPSA) is 167 Å². The number of carbonyl (C=O) groups is 3. The molecule has 0 spiro atoms. The van der Waals surface area contributed by atoms with Gasteiger partial charge in [-0.15, -0.1) is 0 Å². The van der Waals surface area contributed by atoms with Crippen LogP contribution in [0.15, 0.2) is 53.6 Å². The quantitative estimate of drug-likeness (QED) is 0.191. The molecule has 3 aromatic carbocycles. The molecule has 12 nitrogen and oxygen atoms in total. The van der Waals surface area contributed by atoms with E-state index in [1.807, 2.05) is 20.8 Å². The van der Waals surface area contributed by atoms with Gasteiger partial charge < -0.3 is 43.7 Å². The molecule has 0 radical (unpaired) electrons. The molecule has 0 bridgehead atoms. The molecule has 12 heteroatoms. The van der Waals surface area contributed by atoms with Crippen LogP contribution >= 0.6 is 0 Å². The van der Waals surface area contributed by atoms with E-state index < -0.39 is 29.4 Å². The predicted octanol–water partition coefficient (Wildman–Crippen LogP) is 5.63. The number of hydrogen-bond donors (Lipinski definition) is 3. The zero-order chi connectivity index (χ0) is 35.7. The van der Waals surface area contributed by atoms with Crippen LogP contribution in [-0.2, 0) is 18.9 Å². The Labute approximate surface area is 277 Å². The maximum Gasteiger partial charge on any atom is 0.341 e. The molecular formula is C36H38O12. The third-order valence-electron chi connectivity index (χ3n) is 8.80. The number of methoxy groups -OCH3 is 6. The van der Waals surface area contributed by atoms with Gasteiger partial charge >= 0.3 is 17.9 Å². The minimum Gasteiger partial charge on any atom is -0.507 e. The monoisotopic (exact) mass is 662 g/mol. The molecule has 254 valence electrons. The molecule has 4 rings (SSSR count). The molecule has 2 atom stereocenters. The average molecular weight is 663 g/mol. The SMILES string of the molecule is COC(=O)c1cc(C2=C(C)C(c3cc(C(=O)OC)c(O)cc3OC)C(C)(OC)C(c3cc(C(=O)OC)c(O)cc3OC)=C2C)ccc1O. The van der Waals surface area contributed by atoms with E-state index in [0.29, 0.717) is 39.0 Å². The Morgan fingerprint density at radius 3 is 1.67 bits per heavy atom. The number of allylic oxidation sites excluding steroid dienone is 2. The molecule has 2 unspecified atom stereocenters. The Bertz CT molecular complexity index is 1870. The number of hydrogen-bond acceptors (Lipinski definition) is 12. The van der Waals surface area contributed by atoms with Crippen LogP contribution in [-0.4, -0.2) is 81.5 Å². The van der Waals surface area contributed by atoms with Gasteiger partial charge in [-0.25, -0.2) is 14.4 Å². The highest BCUT2D eigenvalue weighted by atomic mass is 16.5. The number of phenolic OH excluding ortho intramolecular Hbond substituents is 3. The average Bonchev–Trinajstić information content (AvgIpc) is 3.08. The van der Waals surface area contributed by atoms with Gasteiger partial charge in [-0.3, -0.25) is 0 Å². The second kappa shape index (κ2) is 13.7. The van der Waals surface area contributed by atoms with Crippen LogP contribution in [0, 0.1) is 0 Å². The summed E-state index contributed by atoms with van der Waals surface area (Å²) in [6.45, 7) is 5.48. The highest BCUT2D eigenvalue weighted by molar-refractivity contribution is 6.02. The number of benzene rings is 3. The van der Waals surface area contributed by atoms with E-state index in [0.717, 1.165) is 0 Å². The van der Waals surface area contributed by atoms with Gasteiger partial charge in [0, 0.05) is 36.3 Å². The Kier molecular flexibility index (Phi) is 10.1. The molecular weight excluding hydrogens is 624 g/mol. The molecule has 0 fully saturated rings. The van der Waals surface area contributed by atoms with E-state index in [1.54, 1.807) is 6.07 Å². The van der Waals surface area contributed by atoms with Crippen molar-refractivity contribution in [3.63, 3.8) is 0 Å². The van der Waals surface area contributed by atoms with E-state index in [-0.39, 0.29) is 45.4 Å². The third-order valence-corrected chi connectivity index (χ3v) is 8.80. The lowest BCUT2D eigenvalue weighted by molar-refractivity contribution is 0.0404. The largest absolute Gasteiger partial charge is 0.507 e. The van der Waals surface area contributed by atoms with Crippen molar-refractivity contribution in [2.75, 3.05) is 42.7 Å². The van der Waals surface area contributed by atoms with Crippen molar-refractivity contribution < 1.29 is 58.1 Å². The Hall–Kier alpha value is -5.49. The van der Waals surface area contributed by atoms with Gasteiger partial charge in [0.15, 0.2) is 0 Å². The smallest absolute Gasteiger partial charge is 0.341 e. The molecule has 3 aromatic rings. The number of rotatable bonds is 9. The summed E-state index contributed by atoms with van der Waals surface area (Å²) in [7, 11) is 7.91. The molecule has 1 aliphatic rings. The highest BCUT2D eigenvalue weighted by Crippen LogP contribution is 2.58. The van der Waals surface area contributed by atoms with Crippen molar-refractivity contribution in [2.24, 2.45) is 0 Å². The van der Waals surface area contributed by atoms with Gasteiger partial charge in [0.25, 0.3) is 0 Å². The lowest BCUT2D eigenvalue weighted by Crippen LogP contribution is -2.41. The summed E-state index contributed by atoms with van der Waals surface area (Å²) in [6.07, 6.45) is 0. The van der Waals surface area contributed by atoms with Crippen molar-refractivity contribution in [3.8, 4) is 28.7 Å². The van der Waals surface area contributed by atoms with Crippen molar-refractivity contribution in [1.29, 1.82) is 0 Å². The maximum atomic E-state index is 12.8. The molecule has 0 saturated carbocycles. The number of ether oxygens (including phenoxy) is 6. The van der Waals surface area contributed by atoms with Crippen LogP contribution in [0.5, 0.6) is 28.7 Å². The minimum absolute atomic E-state index is 0.0772. The summed E-state index contributed by atoms with van der Waals surface area (Å²) < 4.78 is 32.6. The first-order chi connectivity index (χ1) is 22.7. The Morgan fingerprint density at radius 2 is 1.17 bits per heavy atom. The minimum atomic E-state index is -1.32. The maximum absolute atomic E-state index is 12.8. The number of esters is 3. The summed E-state index contributed by atoms with van der Waals surface area (Å²) in [5, 5.41) is 32.0. The first kappa shape index (κ1) is 35.4. The van der Waals surface area contributed by atoms with Gasteiger partial charge in [-0.05, 0) is 67.3 Å². The normalized spacial score (nSPS) is 17.6. The van der Waals surface area contributed by atoms with E-state index in [4.69, 9.17) is 28.4 Å². The van der Waals surface area contributed by atoms with Gasteiger partial charge in [-0.2, -0.15) is 0 Å². The lowest BCUT2D eigenvalue weighted by Gasteiger charge is -2.46. The van der Waals surface area contributed by atoms with Crippen LogP contribution in [0.3, 0.4) is 0 Å². The standard InChI is InChI=1S/C36H38O12/c1-17-30(19-10-11-25(37)20(12-19)33(40)45-6)18(2)32(24-14-22(35(42)47-8)27(39)16-29(24)44-5)36(3,48-9)31(17)23-13-21(34(41)46-7)26(38)15-28(23)43-4/h10-16,31,37-39H,1-9H3. The second-order valence-corrected chi connectivity index (χ2v) is 11.2. The van der Waals surface area contributed by atoms with Crippen LogP contribution in [0.4, 0.5) is 0 Å². The Balaban J connectivity index is 2.24. The van der Waals surface area contributed by atoms with Crippen molar-refractivity contribution >= 4 is 29.1 Å². The first-order valence-electron chi connectivity index (χ1n) is 14.6. The molecule has 0 heterocycles. The fourth-order valence-corrected chi connectivity index (χ4v) is 6.59. The zero-order valence-electron chi connectivity index (χ0n) is 28.1. The van der Waals surface area contributed by atoms with E-state index in [9.17, 15) is 29.7 Å². The molecule has 3 N–H and O–H groups in total. The molecule has 0 amide bonds. The highest BCUT2D eigenvalue weighted by Gasteiger charge is 2.48. The number of aromatic hydroxyl groups is 3. The lowest BCUT2D eigenvalue weighted by atomic mass is 9.64. The fraction of sp³-hybridized carbons (Fsp3) is 0.306. The summed E-state index contributed by atoms with van der Waals surface area (Å²) in [5.41, 5.74) is 2.07. The summed E-state index contributed by atoms with van der Waals surface area (Å²) in [6, 6.07) is 10.0. The zero-order valence-corrected chi connectivity index (χ0v) is 28.1. The molecule has 0 saturated heterocycles. The van der Waals surface area contributed by atoms with Gasteiger partial charge in [0.1, 0.15) is 51.0 Å². The number of carbonyl (C=O) groups excluding carboxylic acids is 3. The molecule has 0 aromatic heterocycles. The summed E-state index contributed by atoms with van der Waals surface area (Å²) in [5.74, 6) is -3.73. The fourth-order valence-electron chi connectivity index (χ4n) is 6.59. The van der Waals surface area contributed by atoms with Gasteiger partial charge in [0.05, 0.1) is 35.5 Å². The van der Waals surface area contributed by atoms with Crippen LogP contribution in [0.1, 0.15) is 74.5 Å². The van der Waals surface area contributed by atoms with Crippen LogP contribution < -0.4 is 9.47 Å². The van der Waals surface area contributed by atoms with Crippen molar-refractivity contribution in [1.82, 2.24) is 0 Å². The predicted molar refractivity (Wildman–Crippen MR) is 175 cm³/mol. The van der Waals surface area contributed by atoms with Gasteiger partial charge in [0.2, 0.25) is 0 Å². The van der Waals surface area contributed by atoms with E-state index >= 15 is 0 Å². The number of phenols is 3.